The van der Waals surface area contributed by atoms with Gasteiger partial charge >= 0.3 is 0 Å². The van der Waals surface area contributed by atoms with Crippen molar-refractivity contribution in [2.75, 3.05) is 20.1 Å². The lowest BCUT2D eigenvalue weighted by atomic mass is 9.67. The molecule has 2 aromatic rings. The third-order valence-electron chi connectivity index (χ3n) is 6.18. The van der Waals surface area contributed by atoms with E-state index < -0.39 is 0 Å². The molecule has 0 unspecified atom stereocenters. The molecule has 0 aromatic heterocycles. The Hall–Kier alpha value is -1.02. The average Bonchev–Trinajstić information content (AvgIpc) is 2.61. The minimum Gasteiger partial charge on any atom is -0.306 e. The fourth-order valence-corrected chi connectivity index (χ4v) is 5.27. The van der Waals surface area contributed by atoms with E-state index in [2.05, 4.69) is 76.0 Å². The summed E-state index contributed by atoms with van der Waals surface area (Å²) in [6.45, 7) is 10.9. The van der Waals surface area contributed by atoms with Gasteiger partial charge in [0.15, 0.2) is 0 Å². The molecule has 0 saturated carbocycles. The zero-order valence-corrected chi connectivity index (χ0v) is 18.7. The zero-order chi connectivity index (χ0) is 19.8. The second-order valence-corrected chi connectivity index (χ2v) is 9.48. The summed E-state index contributed by atoms with van der Waals surface area (Å²) in [6.07, 6.45) is 2.16. The maximum atomic E-state index is 6.70. The molecule has 0 aliphatic carbocycles. The van der Waals surface area contributed by atoms with Crippen LogP contribution in [0.5, 0.6) is 0 Å². The lowest BCUT2D eigenvalue weighted by Crippen LogP contribution is -2.41. The van der Waals surface area contributed by atoms with Crippen molar-refractivity contribution >= 4 is 23.2 Å². The molecular formula is C24H31Cl2N. The molecule has 1 aliphatic heterocycles. The molecule has 1 nitrogen and oxygen atoms in total. The van der Waals surface area contributed by atoms with Crippen LogP contribution in [0.25, 0.3) is 0 Å². The lowest BCUT2D eigenvalue weighted by molar-refractivity contribution is 0.213. The van der Waals surface area contributed by atoms with Crippen LogP contribution in [-0.4, -0.2) is 25.0 Å². The van der Waals surface area contributed by atoms with Gasteiger partial charge in [0.1, 0.15) is 0 Å². The summed E-state index contributed by atoms with van der Waals surface area (Å²) >= 11 is 13.4. The van der Waals surface area contributed by atoms with Crippen molar-refractivity contribution in [2.24, 2.45) is 0 Å². The Balaban J connectivity index is 2.12. The van der Waals surface area contributed by atoms with E-state index in [1.54, 1.807) is 0 Å². The zero-order valence-electron chi connectivity index (χ0n) is 17.2. The van der Waals surface area contributed by atoms with Crippen molar-refractivity contribution in [3.63, 3.8) is 0 Å². The van der Waals surface area contributed by atoms with Gasteiger partial charge in [-0.15, -0.1) is 0 Å². The summed E-state index contributed by atoms with van der Waals surface area (Å²) in [6, 6.07) is 13.5. The standard InChI is InChI=1S/C24H31Cl2N/c1-16(2)18-6-8-19(9-7-18)24(10-12-27(5)13-11-24)20-14-21(25)23(17(3)4)22(26)15-20/h6-9,14-17H,10-13H2,1-5H3. The number of hydrogen-bond acceptors (Lipinski definition) is 1. The third-order valence-corrected chi connectivity index (χ3v) is 6.80. The van der Waals surface area contributed by atoms with Gasteiger partial charge in [0, 0.05) is 15.5 Å². The van der Waals surface area contributed by atoms with Gasteiger partial charge in [0.2, 0.25) is 0 Å². The quantitative estimate of drug-likeness (QED) is 0.519. The molecule has 0 radical (unpaired) electrons. The Morgan fingerprint density at radius 2 is 1.33 bits per heavy atom. The SMILES string of the molecule is CC(C)c1ccc(C2(c3cc(Cl)c(C(C)C)c(Cl)c3)CCN(C)CC2)cc1. The number of likely N-dealkylation sites (tertiary alicyclic amines) is 1. The Bertz CT molecular complexity index is 762. The van der Waals surface area contributed by atoms with Crippen molar-refractivity contribution in [2.45, 2.75) is 57.8 Å². The highest BCUT2D eigenvalue weighted by Gasteiger charge is 2.38. The summed E-state index contributed by atoms with van der Waals surface area (Å²) in [5, 5.41) is 1.59. The van der Waals surface area contributed by atoms with E-state index in [4.69, 9.17) is 23.2 Å². The minimum absolute atomic E-state index is 0.0230. The maximum Gasteiger partial charge on any atom is 0.0458 e. The normalized spacial score (nSPS) is 17.7. The van der Waals surface area contributed by atoms with Crippen molar-refractivity contribution in [1.82, 2.24) is 4.90 Å². The molecule has 3 heteroatoms. The van der Waals surface area contributed by atoms with Crippen LogP contribution in [0.15, 0.2) is 36.4 Å². The van der Waals surface area contributed by atoms with Crippen molar-refractivity contribution in [1.29, 1.82) is 0 Å². The van der Waals surface area contributed by atoms with Gasteiger partial charge < -0.3 is 4.90 Å². The first-order chi connectivity index (χ1) is 12.7. The Morgan fingerprint density at radius 3 is 1.78 bits per heavy atom. The number of benzene rings is 2. The van der Waals surface area contributed by atoms with Gasteiger partial charge in [0.05, 0.1) is 0 Å². The molecule has 1 aliphatic rings. The van der Waals surface area contributed by atoms with Crippen LogP contribution in [0.1, 0.15) is 74.6 Å². The second kappa shape index (κ2) is 8.15. The smallest absolute Gasteiger partial charge is 0.0458 e. The highest BCUT2D eigenvalue weighted by Crippen LogP contribution is 2.45. The topological polar surface area (TPSA) is 3.24 Å². The summed E-state index contributed by atoms with van der Waals surface area (Å²) in [5.74, 6) is 0.861. The van der Waals surface area contributed by atoms with Gasteiger partial charge in [-0.2, -0.15) is 0 Å². The summed E-state index contributed by atoms with van der Waals surface area (Å²) in [7, 11) is 2.20. The van der Waals surface area contributed by atoms with Crippen molar-refractivity contribution in [3.8, 4) is 0 Å². The molecule has 0 N–H and O–H groups in total. The van der Waals surface area contributed by atoms with E-state index in [1.807, 2.05) is 0 Å². The first-order valence-corrected chi connectivity index (χ1v) is 10.8. The van der Waals surface area contributed by atoms with Crippen LogP contribution in [0.2, 0.25) is 10.0 Å². The molecule has 27 heavy (non-hydrogen) atoms. The number of hydrogen-bond donors (Lipinski definition) is 0. The lowest BCUT2D eigenvalue weighted by Gasteiger charge is -2.42. The highest BCUT2D eigenvalue weighted by atomic mass is 35.5. The monoisotopic (exact) mass is 403 g/mol. The van der Waals surface area contributed by atoms with E-state index in [0.29, 0.717) is 11.8 Å². The van der Waals surface area contributed by atoms with Gasteiger partial charge in [-0.05, 0) is 79.2 Å². The van der Waals surface area contributed by atoms with Crippen LogP contribution < -0.4 is 0 Å². The minimum atomic E-state index is -0.0230. The van der Waals surface area contributed by atoms with Crippen LogP contribution in [0.4, 0.5) is 0 Å². The van der Waals surface area contributed by atoms with E-state index in [0.717, 1.165) is 41.5 Å². The molecule has 0 amide bonds. The first-order valence-electron chi connectivity index (χ1n) is 10.0. The van der Waals surface area contributed by atoms with Crippen LogP contribution in [0, 0.1) is 0 Å². The first kappa shape index (κ1) is 20.7. The summed E-state index contributed by atoms with van der Waals surface area (Å²) in [5.41, 5.74) is 5.05. The summed E-state index contributed by atoms with van der Waals surface area (Å²) < 4.78 is 0. The largest absolute Gasteiger partial charge is 0.306 e. The fraction of sp³-hybridized carbons (Fsp3) is 0.500. The number of rotatable bonds is 4. The molecule has 1 saturated heterocycles. The molecule has 1 heterocycles. The van der Waals surface area contributed by atoms with Gasteiger partial charge in [-0.3, -0.25) is 0 Å². The second-order valence-electron chi connectivity index (χ2n) is 8.67. The molecule has 146 valence electrons. The van der Waals surface area contributed by atoms with Crippen LogP contribution >= 0.6 is 23.2 Å². The number of piperidine rings is 1. The molecule has 3 rings (SSSR count). The molecule has 0 spiro atoms. The highest BCUT2D eigenvalue weighted by molar-refractivity contribution is 6.36. The van der Waals surface area contributed by atoms with E-state index in [1.165, 1.54) is 16.7 Å². The Labute approximate surface area is 174 Å². The molecule has 2 aromatic carbocycles. The summed E-state index contributed by atoms with van der Waals surface area (Å²) in [4.78, 5) is 2.41. The molecular weight excluding hydrogens is 373 g/mol. The van der Waals surface area contributed by atoms with Crippen molar-refractivity contribution in [3.05, 3.63) is 68.7 Å². The Kier molecular flexibility index (Phi) is 6.25. The van der Waals surface area contributed by atoms with E-state index in [-0.39, 0.29) is 5.41 Å². The molecule has 1 fully saturated rings. The number of halogens is 2. The maximum absolute atomic E-state index is 6.70. The average molecular weight is 404 g/mol. The fourth-order valence-electron chi connectivity index (χ4n) is 4.34. The predicted octanol–water partition coefficient (Wildman–Crippen LogP) is 7.25. The van der Waals surface area contributed by atoms with Crippen LogP contribution in [-0.2, 0) is 5.41 Å². The Morgan fingerprint density at radius 1 is 0.815 bits per heavy atom. The van der Waals surface area contributed by atoms with Gasteiger partial charge in [-0.1, -0.05) is 75.2 Å². The van der Waals surface area contributed by atoms with E-state index >= 15 is 0 Å². The van der Waals surface area contributed by atoms with Crippen LogP contribution in [0.3, 0.4) is 0 Å². The third kappa shape index (κ3) is 4.06. The van der Waals surface area contributed by atoms with Crippen molar-refractivity contribution < 1.29 is 0 Å². The predicted molar refractivity (Wildman–Crippen MR) is 119 cm³/mol. The van der Waals surface area contributed by atoms with E-state index in [9.17, 15) is 0 Å². The van der Waals surface area contributed by atoms with Gasteiger partial charge in [-0.25, -0.2) is 0 Å². The van der Waals surface area contributed by atoms with Gasteiger partial charge in [0.25, 0.3) is 0 Å². The molecule has 0 bridgehead atoms. The molecule has 0 atom stereocenters. The number of nitrogens with zero attached hydrogens (tertiary/aromatic N) is 1.